The van der Waals surface area contributed by atoms with Crippen LogP contribution in [0.15, 0.2) is 52.8 Å². The van der Waals surface area contributed by atoms with Crippen LogP contribution in [0.3, 0.4) is 0 Å². The average Bonchev–Trinajstić information content (AvgIpc) is 2.83. The van der Waals surface area contributed by atoms with Gasteiger partial charge in [0.15, 0.2) is 4.80 Å². The molecule has 0 radical (unpaired) electrons. The SMILES string of the molecule is Cn1c(-c2ccc(Cl)cc2Cl)csc1=Nc1ccc(O)cc1. The summed E-state index contributed by atoms with van der Waals surface area (Å²) >= 11 is 13.7. The fraction of sp³-hybridized carbons (Fsp3) is 0.0625. The minimum Gasteiger partial charge on any atom is -0.508 e. The number of phenolic OH excluding ortho intramolecular Hbond substituents is 1. The first-order valence-electron chi connectivity index (χ1n) is 6.48. The van der Waals surface area contributed by atoms with Crippen LogP contribution in [-0.4, -0.2) is 9.67 Å². The highest BCUT2D eigenvalue weighted by atomic mass is 35.5. The molecule has 0 unspecified atom stereocenters. The molecule has 0 aliphatic rings. The standard InChI is InChI=1S/C16H12Cl2N2OS/c1-20-15(13-7-2-10(17)8-14(13)18)9-22-16(20)19-11-3-5-12(21)6-4-11/h2-9,21H,1H3. The van der Waals surface area contributed by atoms with Crippen LogP contribution in [0, 0.1) is 0 Å². The van der Waals surface area contributed by atoms with Crippen LogP contribution < -0.4 is 4.80 Å². The minimum absolute atomic E-state index is 0.225. The number of thiazole rings is 1. The number of aromatic nitrogens is 1. The lowest BCUT2D eigenvalue weighted by atomic mass is 10.2. The fourth-order valence-electron chi connectivity index (χ4n) is 2.05. The van der Waals surface area contributed by atoms with Crippen LogP contribution in [0.1, 0.15) is 0 Å². The molecule has 1 heterocycles. The van der Waals surface area contributed by atoms with Crippen molar-refractivity contribution < 1.29 is 5.11 Å². The van der Waals surface area contributed by atoms with Gasteiger partial charge in [-0.05, 0) is 42.5 Å². The van der Waals surface area contributed by atoms with E-state index in [1.807, 2.05) is 29.1 Å². The van der Waals surface area contributed by atoms with Crippen LogP contribution in [0.5, 0.6) is 5.75 Å². The van der Waals surface area contributed by atoms with Crippen molar-refractivity contribution in [3.8, 4) is 17.0 Å². The molecule has 0 spiro atoms. The Morgan fingerprint density at radius 3 is 2.50 bits per heavy atom. The molecule has 2 aromatic carbocycles. The summed E-state index contributed by atoms with van der Waals surface area (Å²) < 4.78 is 1.98. The molecule has 22 heavy (non-hydrogen) atoms. The summed E-state index contributed by atoms with van der Waals surface area (Å²) in [5, 5.41) is 12.5. The van der Waals surface area contributed by atoms with Crippen molar-refractivity contribution in [2.75, 3.05) is 0 Å². The maximum atomic E-state index is 9.31. The Kier molecular flexibility index (Phi) is 4.25. The summed E-state index contributed by atoms with van der Waals surface area (Å²) in [4.78, 5) is 5.42. The van der Waals surface area contributed by atoms with Gasteiger partial charge in [0.05, 0.1) is 16.4 Å². The Hall–Kier alpha value is -1.75. The highest BCUT2D eigenvalue weighted by Gasteiger charge is 2.09. The number of phenols is 1. The quantitative estimate of drug-likeness (QED) is 0.693. The second-order valence-corrected chi connectivity index (χ2v) is 6.40. The second-order valence-electron chi connectivity index (χ2n) is 4.71. The predicted octanol–water partition coefficient (Wildman–Crippen LogP) is 5.00. The third kappa shape index (κ3) is 3.04. The molecular formula is C16H12Cl2N2OS. The molecule has 3 nitrogen and oxygen atoms in total. The summed E-state index contributed by atoms with van der Waals surface area (Å²) in [6.07, 6.45) is 0. The van der Waals surface area contributed by atoms with Gasteiger partial charge >= 0.3 is 0 Å². The van der Waals surface area contributed by atoms with Gasteiger partial charge < -0.3 is 9.67 Å². The molecule has 1 N–H and O–H groups in total. The molecule has 3 aromatic rings. The monoisotopic (exact) mass is 350 g/mol. The Balaban J connectivity index is 2.07. The molecule has 112 valence electrons. The van der Waals surface area contributed by atoms with Crippen molar-refractivity contribution in [2.24, 2.45) is 12.0 Å². The minimum atomic E-state index is 0.225. The fourth-order valence-corrected chi connectivity index (χ4v) is 3.47. The van der Waals surface area contributed by atoms with E-state index in [0.29, 0.717) is 10.0 Å². The third-order valence-electron chi connectivity index (χ3n) is 3.21. The van der Waals surface area contributed by atoms with E-state index in [4.69, 9.17) is 23.2 Å². The lowest BCUT2D eigenvalue weighted by molar-refractivity contribution is 0.475. The van der Waals surface area contributed by atoms with E-state index >= 15 is 0 Å². The Labute approximate surface area is 141 Å². The summed E-state index contributed by atoms with van der Waals surface area (Å²) in [6, 6.07) is 12.2. The number of hydrogen-bond acceptors (Lipinski definition) is 3. The first kappa shape index (κ1) is 15.2. The van der Waals surface area contributed by atoms with Crippen LogP contribution in [-0.2, 0) is 7.05 Å². The lowest BCUT2D eigenvalue weighted by Crippen LogP contribution is -2.10. The zero-order chi connectivity index (χ0) is 15.7. The van der Waals surface area contributed by atoms with E-state index in [1.165, 1.54) is 11.3 Å². The van der Waals surface area contributed by atoms with Gasteiger partial charge in [0, 0.05) is 23.0 Å². The largest absolute Gasteiger partial charge is 0.508 e. The van der Waals surface area contributed by atoms with Gasteiger partial charge in [-0.2, -0.15) is 0 Å². The summed E-state index contributed by atoms with van der Waals surface area (Å²) in [5.74, 6) is 0.225. The van der Waals surface area contributed by atoms with Crippen molar-refractivity contribution in [3.63, 3.8) is 0 Å². The van der Waals surface area contributed by atoms with Crippen LogP contribution >= 0.6 is 34.5 Å². The zero-order valence-electron chi connectivity index (χ0n) is 11.6. The van der Waals surface area contributed by atoms with Gasteiger partial charge in [-0.3, -0.25) is 0 Å². The average molecular weight is 351 g/mol. The molecule has 0 fully saturated rings. The highest BCUT2D eigenvalue weighted by molar-refractivity contribution is 7.07. The van der Waals surface area contributed by atoms with Gasteiger partial charge in [-0.25, -0.2) is 4.99 Å². The number of rotatable bonds is 2. The van der Waals surface area contributed by atoms with Crippen molar-refractivity contribution in [3.05, 3.63) is 62.7 Å². The predicted molar refractivity (Wildman–Crippen MR) is 92.1 cm³/mol. The number of hydrogen-bond donors (Lipinski definition) is 1. The molecule has 6 heteroatoms. The normalized spacial score (nSPS) is 11.9. The van der Waals surface area contributed by atoms with E-state index < -0.39 is 0 Å². The Bertz CT molecular complexity index is 882. The topological polar surface area (TPSA) is 37.5 Å². The lowest BCUT2D eigenvalue weighted by Gasteiger charge is -2.05. The Morgan fingerprint density at radius 2 is 1.82 bits per heavy atom. The Morgan fingerprint density at radius 1 is 1.09 bits per heavy atom. The zero-order valence-corrected chi connectivity index (χ0v) is 14.0. The molecule has 0 saturated carbocycles. The van der Waals surface area contributed by atoms with Crippen molar-refractivity contribution in [1.29, 1.82) is 0 Å². The molecule has 0 amide bonds. The summed E-state index contributed by atoms with van der Waals surface area (Å²) in [5.41, 5.74) is 2.67. The smallest absolute Gasteiger partial charge is 0.190 e. The van der Waals surface area contributed by atoms with E-state index in [1.54, 1.807) is 30.3 Å². The number of aromatic hydroxyl groups is 1. The number of halogens is 2. The molecule has 1 aromatic heterocycles. The summed E-state index contributed by atoms with van der Waals surface area (Å²) in [6.45, 7) is 0. The van der Waals surface area contributed by atoms with Crippen LogP contribution in [0.4, 0.5) is 5.69 Å². The van der Waals surface area contributed by atoms with Gasteiger partial charge in [0.25, 0.3) is 0 Å². The number of nitrogens with zero attached hydrogens (tertiary/aromatic N) is 2. The van der Waals surface area contributed by atoms with E-state index in [2.05, 4.69) is 4.99 Å². The molecule has 0 aliphatic carbocycles. The third-order valence-corrected chi connectivity index (χ3v) is 4.67. The van der Waals surface area contributed by atoms with Gasteiger partial charge in [0.1, 0.15) is 5.75 Å². The molecule has 0 atom stereocenters. The van der Waals surface area contributed by atoms with Gasteiger partial charge in [-0.1, -0.05) is 23.2 Å². The summed E-state index contributed by atoms with van der Waals surface area (Å²) in [7, 11) is 1.94. The van der Waals surface area contributed by atoms with Crippen molar-refractivity contribution in [2.45, 2.75) is 0 Å². The van der Waals surface area contributed by atoms with Crippen molar-refractivity contribution in [1.82, 2.24) is 4.57 Å². The molecule has 0 aliphatic heterocycles. The molecule has 0 bridgehead atoms. The van der Waals surface area contributed by atoms with Crippen LogP contribution in [0.25, 0.3) is 11.3 Å². The first-order chi connectivity index (χ1) is 10.5. The molecular weight excluding hydrogens is 339 g/mol. The van der Waals surface area contributed by atoms with E-state index in [9.17, 15) is 5.11 Å². The maximum absolute atomic E-state index is 9.31. The van der Waals surface area contributed by atoms with E-state index in [-0.39, 0.29) is 5.75 Å². The highest BCUT2D eigenvalue weighted by Crippen LogP contribution is 2.30. The molecule has 3 rings (SSSR count). The van der Waals surface area contributed by atoms with Crippen LogP contribution in [0.2, 0.25) is 10.0 Å². The second kappa shape index (κ2) is 6.16. The maximum Gasteiger partial charge on any atom is 0.190 e. The number of benzene rings is 2. The molecule has 0 saturated heterocycles. The van der Waals surface area contributed by atoms with E-state index in [0.717, 1.165) is 21.7 Å². The van der Waals surface area contributed by atoms with Gasteiger partial charge in [0.2, 0.25) is 0 Å². The van der Waals surface area contributed by atoms with Gasteiger partial charge in [-0.15, -0.1) is 11.3 Å². The first-order valence-corrected chi connectivity index (χ1v) is 8.12. The van der Waals surface area contributed by atoms with Crippen molar-refractivity contribution >= 4 is 40.2 Å².